The molecule has 1 nitrogen and oxygen atoms in total. The Hall–Kier alpha value is -3.84. The quantitative estimate of drug-likeness (QED) is 0.205. The van der Waals surface area contributed by atoms with Gasteiger partial charge in [-0.15, -0.1) is 0 Å². The minimum absolute atomic E-state index is 0.114. The van der Waals surface area contributed by atoms with E-state index in [1.807, 2.05) is 0 Å². The lowest BCUT2D eigenvalue weighted by Crippen LogP contribution is -2.23. The molecule has 41 heavy (non-hydrogen) atoms. The van der Waals surface area contributed by atoms with E-state index in [9.17, 15) is 0 Å². The molecule has 1 fully saturated rings. The number of rotatable bonds is 2. The molecule has 1 heteroatoms. The van der Waals surface area contributed by atoms with Crippen LogP contribution in [0, 0.1) is 11.8 Å². The number of hydrogen-bond donors (Lipinski definition) is 0. The Balaban J connectivity index is 1.30. The van der Waals surface area contributed by atoms with Crippen molar-refractivity contribution in [2.45, 2.75) is 63.4 Å². The summed E-state index contributed by atoms with van der Waals surface area (Å²) in [6.45, 7) is 0. The summed E-state index contributed by atoms with van der Waals surface area (Å²) in [6, 6.07) is 34.2. The van der Waals surface area contributed by atoms with Crippen molar-refractivity contribution in [3.63, 3.8) is 0 Å². The van der Waals surface area contributed by atoms with Gasteiger partial charge in [0.2, 0.25) is 0 Å². The average Bonchev–Trinajstić information content (AvgIpc) is 3.43. The lowest BCUT2D eigenvalue weighted by atomic mass is 9.67. The zero-order valence-electron chi connectivity index (χ0n) is 23.6. The van der Waals surface area contributed by atoms with Crippen LogP contribution >= 0.6 is 0 Å². The van der Waals surface area contributed by atoms with Gasteiger partial charge in [0.1, 0.15) is 11.9 Å². The van der Waals surface area contributed by atoms with Crippen molar-refractivity contribution in [2.24, 2.45) is 11.8 Å². The van der Waals surface area contributed by atoms with Crippen molar-refractivity contribution in [1.29, 1.82) is 0 Å². The fraction of sp³-hybridized carbons (Fsp3) is 0.300. The summed E-state index contributed by atoms with van der Waals surface area (Å²) in [7, 11) is 0. The summed E-state index contributed by atoms with van der Waals surface area (Å²) in [4.78, 5) is 0. The minimum atomic E-state index is 0.114. The summed E-state index contributed by atoms with van der Waals surface area (Å²) in [6.07, 6.45) is 13.1. The highest BCUT2D eigenvalue weighted by molar-refractivity contribution is 6.19. The van der Waals surface area contributed by atoms with Crippen molar-refractivity contribution >= 4 is 27.1 Å². The van der Waals surface area contributed by atoms with Gasteiger partial charge in [-0.2, -0.15) is 0 Å². The van der Waals surface area contributed by atoms with Crippen LogP contribution in [0.5, 0.6) is 5.75 Å². The molecule has 202 valence electrons. The maximum Gasteiger partial charge on any atom is 0.131 e. The Kier molecular flexibility index (Phi) is 5.43. The molecular formula is C40H36O. The fourth-order valence-electron chi connectivity index (χ4n) is 9.13. The van der Waals surface area contributed by atoms with Crippen LogP contribution in [0.2, 0.25) is 0 Å². The Morgan fingerprint density at radius 1 is 0.585 bits per heavy atom. The normalized spacial score (nSPS) is 24.6. The summed E-state index contributed by atoms with van der Waals surface area (Å²) < 4.78 is 6.79. The van der Waals surface area contributed by atoms with Gasteiger partial charge < -0.3 is 4.74 Å². The van der Waals surface area contributed by atoms with E-state index in [0.29, 0.717) is 11.8 Å². The molecule has 5 aromatic rings. The van der Waals surface area contributed by atoms with Crippen LogP contribution in [0.4, 0.5) is 0 Å². The van der Waals surface area contributed by atoms with Crippen molar-refractivity contribution in [2.75, 3.05) is 0 Å². The van der Waals surface area contributed by atoms with Gasteiger partial charge in [-0.3, -0.25) is 0 Å². The van der Waals surface area contributed by atoms with Gasteiger partial charge in [0.15, 0.2) is 0 Å². The molecule has 0 bridgehead atoms. The smallest absolute Gasteiger partial charge is 0.131 e. The van der Waals surface area contributed by atoms with E-state index in [2.05, 4.69) is 97.1 Å². The van der Waals surface area contributed by atoms with Gasteiger partial charge in [-0.25, -0.2) is 0 Å². The van der Waals surface area contributed by atoms with Gasteiger partial charge >= 0.3 is 0 Å². The number of hydrogen-bond acceptors (Lipinski definition) is 1. The van der Waals surface area contributed by atoms with Crippen LogP contribution < -0.4 is 4.74 Å². The second kappa shape index (κ2) is 9.35. The average molecular weight is 533 g/mol. The summed E-state index contributed by atoms with van der Waals surface area (Å²) >= 11 is 0. The molecule has 9 rings (SSSR count). The van der Waals surface area contributed by atoms with Crippen molar-refractivity contribution in [1.82, 2.24) is 0 Å². The van der Waals surface area contributed by atoms with Crippen molar-refractivity contribution < 1.29 is 4.74 Å². The van der Waals surface area contributed by atoms with Crippen LogP contribution in [-0.4, -0.2) is 0 Å². The van der Waals surface area contributed by atoms with Gasteiger partial charge in [0, 0.05) is 11.5 Å². The molecule has 0 spiro atoms. The van der Waals surface area contributed by atoms with E-state index in [1.165, 1.54) is 93.5 Å². The van der Waals surface area contributed by atoms with Crippen molar-refractivity contribution in [3.05, 3.63) is 119 Å². The Morgan fingerprint density at radius 3 is 2.10 bits per heavy atom. The van der Waals surface area contributed by atoms with E-state index in [-0.39, 0.29) is 6.10 Å². The predicted molar refractivity (Wildman–Crippen MR) is 170 cm³/mol. The Labute approximate surface area is 242 Å². The first-order chi connectivity index (χ1) is 20.4. The van der Waals surface area contributed by atoms with Crippen molar-refractivity contribution in [3.8, 4) is 16.9 Å². The highest BCUT2D eigenvalue weighted by Gasteiger charge is 2.41. The van der Waals surface area contributed by atoms with E-state index in [0.717, 1.165) is 24.5 Å². The second-order valence-corrected chi connectivity index (χ2v) is 12.8. The molecule has 5 aromatic carbocycles. The lowest BCUT2D eigenvalue weighted by molar-refractivity contribution is 0.195. The number of allylic oxidation sites excluding steroid dienone is 2. The van der Waals surface area contributed by atoms with Crippen LogP contribution in [0.25, 0.3) is 38.2 Å². The molecule has 1 saturated carbocycles. The second-order valence-electron chi connectivity index (χ2n) is 12.8. The number of fused-ring (bicyclic) bond motifs is 8. The first-order valence-corrected chi connectivity index (χ1v) is 15.9. The first kappa shape index (κ1) is 23.8. The Bertz CT molecular complexity index is 1800. The highest BCUT2D eigenvalue weighted by Crippen LogP contribution is 2.57. The van der Waals surface area contributed by atoms with Gasteiger partial charge in [-0.05, 0) is 111 Å². The zero-order valence-corrected chi connectivity index (χ0v) is 23.6. The largest absolute Gasteiger partial charge is 0.485 e. The van der Waals surface area contributed by atoms with Crippen LogP contribution in [0.1, 0.15) is 79.2 Å². The van der Waals surface area contributed by atoms with E-state index in [1.54, 1.807) is 5.57 Å². The van der Waals surface area contributed by atoms with Gasteiger partial charge in [0.25, 0.3) is 0 Å². The van der Waals surface area contributed by atoms with E-state index in [4.69, 9.17) is 4.74 Å². The summed E-state index contributed by atoms with van der Waals surface area (Å²) in [5.74, 6) is 3.01. The number of benzene rings is 5. The first-order valence-electron chi connectivity index (χ1n) is 15.9. The number of aryl methyl sites for hydroxylation is 1. The molecule has 0 N–H and O–H groups in total. The third-order valence-electron chi connectivity index (χ3n) is 10.8. The monoisotopic (exact) mass is 532 g/mol. The zero-order chi connectivity index (χ0) is 26.9. The maximum atomic E-state index is 6.79. The summed E-state index contributed by atoms with van der Waals surface area (Å²) in [5, 5.41) is 5.60. The lowest BCUT2D eigenvalue weighted by Gasteiger charge is -2.37. The van der Waals surface area contributed by atoms with E-state index >= 15 is 0 Å². The molecule has 3 aliphatic carbocycles. The van der Waals surface area contributed by atoms with Crippen LogP contribution in [0.15, 0.2) is 97.1 Å². The molecule has 1 heterocycles. The molecule has 0 amide bonds. The predicted octanol–water partition coefficient (Wildman–Crippen LogP) is 10.8. The highest BCUT2D eigenvalue weighted by atomic mass is 16.5. The van der Waals surface area contributed by atoms with Gasteiger partial charge in [0.05, 0.1) is 0 Å². The molecule has 1 aliphatic heterocycles. The maximum absolute atomic E-state index is 6.79. The van der Waals surface area contributed by atoms with Crippen LogP contribution in [-0.2, 0) is 6.42 Å². The topological polar surface area (TPSA) is 9.23 Å². The SMILES string of the molecule is C1=C(c2c3ccccc3c(-c3cccc4c3[C@H]3CCc5ccccc5C3O4)c3ccccc23)C2CCCCC2CC1. The molecule has 3 unspecified atom stereocenters. The summed E-state index contributed by atoms with van der Waals surface area (Å²) in [5.41, 5.74) is 10.1. The molecular weight excluding hydrogens is 496 g/mol. The standard InChI is InChI=1S/C40H36O/c1-3-14-27-25(11-1)13-9-20-29(27)37-30-16-5-7-18-32(30)38(33-19-8-6-17-31(33)37)34-21-10-22-36-39(34)35-24-23-26-12-2-4-15-28(26)40(35)41-36/h2,4-8,10,12,15-22,25,27,35,40H,1,3,9,11,13-14,23-24H2/t25?,27?,35-,40?/m1/s1. The molecule has 4 aliphatic rings. The van der Waals surface area contributed by atoms with Gasteiger partial charge in [-0.1, -0.05) is 104 Å². The third-order valence-corrected chi connectivity index (χ3v) is 10.8. The molecule has 4 atom stereocenters. The molecule has 0 aromatic heterocycles. The fourth-order valence-corrected chi connectivity index (χ4v) is 9.13. The van der Waals surface area contributed by atoms with E-state index < -0.39 is 0 Å². The number of ether oxygens (including phenoxy) is 1. The minimum Gasteiger partial charge on any atom is -0.485 e. The van der Waals surface area contributed by atoms with Crippen LogP contribution in [0.3, 0.4) is 0 Å². The Morgan fingerprint density at radius 2 is 1.29 bits per heavy atom. The molecule has 0 radical (unpaired) electrons. The third kappa shape index (κ3) is 3.54. The molecule has 0 saturated heterocycles.